The van der Waals surface area contributed by atoms with Crippen LogP contribution in [0.3, 0.4) is 0 Å². The first-order valence-electron chi connectivity index (χ1n) is 4.16. The second-order valence-corrected chi connectivity index (χ2v) is 2.82. The van der Waals surface area contributed by atoms with Crippen LogP contribution < -0.4 is 4.74 Å². The molecule has 0 aromatic carbocycles. The number of nitro groups is 1. The van der Waals surface area contributed by atoms with Crippen molar-refractivity contribution in [1.29, 1.82) is 0 Å². The fourth-order valence-electron chi connectivity index (χ4n) is 1.26. The van der Waals surface area contributed by atoms with Gasteiger partial charge in [-0.15, -0.1) is 0 Å². The molecule has 0 saturated heterocycles. The maximum absolute atomic E-state index is 10.7. The van der Waals surface area contributed by atoms with Crippen LogP contribution in [0.1, 0.15) is 0 Å². The van der Waals surface area contributed by atoms with Gasteiger partial charge in [-0.2, -0.15) is 4.98 Å². The normalized spacial score (nSPS) is 10.2. The molecule has 2 heterocycles. The third-order valence-electron chi connectivity index (χ3n) is 1.93. The molecule has 2 rings (SSSR count). The Kier molecular flexibility index (Phi) is 2.17. The van der Waals surface area contributed by atoms with Crippen molar-refractivity contribution in [2.45, 2.75) is 0 Å². The molecule has 0 aliphatic rings. The molecule has 0 spiro atoms. The van der Waals surface area contributed by atoms with Gasteiger partial charge in [0.1, 0.15) is 0 Å². The van der Waals surface area contributed by atoms with E-state index in [4.69, 9.17) is 4.74 Å². The quantitative estimate of drug-likeness (QED) is 0.549. The SMILES string of the molecule is COc1nc2ncccc2cc1[N+](=O)[O-]. The van der Waals surface area contributed by atoms with Crippen LogP contribution in [0.25, 0.3) is 11.0 Å². The summed E-state index contributed by atoms with van der Waals surface area (Å²) in [6, 6.07) is 4.80. The van der Waals surface area contributed by atoms with E-state index in [9.17, 15) is 10.1 Å². The highest BCUT2D eigenvalue weighted by atomic mass is 16.6. The number of pyridine rings is 2. The Balaban J connectivity index is 2.74. The summed E-state index contributed by atoms with van der Waals surface area (Å²) in [5.74, 6) is -0.0220. The van der Waals surface area contributed by atoms with Gasteiger partial charge in [0.15, 0.2) is 5.65 Å². The van der Waals surface area contributed by atoms with Crippen molar-refractivity contribution < 1.29 is 9.66 Å². The monoisotopic (exact) mass is 205 g/mol. The number of ether oxygens (including phenoxy) is 1. The van der Waals surface area contributed by atoms with Gasteiger partial charge < -0.3 is 4.74 Å². The summed E-state index contributed by atoms with van der Waals surface area (Å²) >= 11 is 0. The molecule has 15 heavy (non-hydrogen) atoms. The van der Waals surface area contributed by atoms with Crippen LogP contribution in [-0.4, -0.2) is 22.0 Å². The van der Waals surface area contributed by atoms with E-state index in [1.54, 1.807) is 18.3 Å². The molecule has 0 bridgehead atoms. The highest BCUT2D eigenvalue weighted by Crippen LogP contribution is 2.27. The lowest BCUT2D eigenvalue weighted by molar-refractivity contribution is -0.386. The molecule has 0 atom stereocenters. The molecule has 0 radical (unpaired) electrons. The fourth-order valence-corrected chi connectivity index (χ4v) is 1.26. The Bertz CT molecular complexity index is 527. The van der Waals surface area contributed by atoms with Crippen LogP contribution in [-0.2, 0) is 0 Å². The Morgan fingerprint density at radius 3 is 3.00 bits per heavy atom. The second kappa shape index (κ2) is 3.49. The lowest BCUT2D eigenvalue weighted by atomic mass is 10.2. The first kappa shape index (κ1) is 9.32. The van der Waals surface area contributed by atoms with E-state index in [0.29, 0.717) is 11.0 Å². The number of hydrogen-bond acceptors (Lipinski definition) is 5. The summed E-state index contributed by atoms with van der Waals surface area (Å²) in [7, 11) is 1.34. The Morgan fingerprint density at radius 2 is 2.33 bits per heavy atom. The van der Waals surface area contributed by atoms with E-state index in [0.717, 1.165) is 0 Å². The topological polar surface area (TPSA) is 78.2 Å². The zero-order valence-corrected chi connectivity index (χ0v) is 7.88. The first-order chi connectivity index (χ1) is 7.22. The van der Waals surface area contributed by atoms with Crippen LogP contribution in [0.2, 0.25) is 0 Å². The van der Waals surface area contributed by atoms with Crippen molar-refractivity contribution in [3.8, 4) is 5.88 Å². The number of nitrogens with zero attached hydrogens (tertiary/aromatic N) is 3. The molecule has 0 aliphatic carbocycles. The smallest absolute Gasteiger partial charge is 0.331 e. The highest BCUT2D eigenvalue weighted by molar-refractivity contribution is 5.78. The minimum Gasteiger partial charge on any atom is -0.476 e. The van der Waals surface area contributed by atoms with Crippen molar-refractivity contribution in [2.24, 2.45) is 0 Å². The van der Waals surface area contributed by atoms with Crippen molar-refractivity contribution in [3.05, 3.63) is 34.5 Å². The fraction of sp³-hybridized carbons (Fsp3) is 0.111. The predicted molar refractivity (Wildman–Crippen MR) is 52.7 cm³/mol. The maximum Gasteiger partial charge on any atom is 0.331 e. The molecular weight excluding hydrogens is 198 g/mol. The molecule has 76 valence electrons. The largest absolute Gasteiger partial charge is 0.476 e. The van der Waals surface area contributed by atoms with Gasteiger partial charge in [0.05, 0.1) is 12.0 Å². The molecular formula is C9H7N3O3. The lowest BCUT2D eigenvalue weighted by Gasteiger charge is -2.01. The summed E-state index contributed by atoms with van der Waals surface area (Å²) in [4.78, 5) is 18.1. The minimum absolute atomic E-state index is 0.0220. The number of hydrogen-bond donors (Lipinski definition) is 0. The van der Waals surface area contributed by atoms with Crippen molar-refractivity contribution in [3.63, 3.8) is 0 Å². The molecule has 0 aliphatic heterocycles. The van der Waals surface area contributed by atoms with Gasteiger partial charge in [-0.1, -0.05) is 0 Å². The third kappa shape index (κ3) is 1.56. The van der Waals surface area contributed by atoms with Crippen LogP contribution in [0, 0.1) is 10.1 Å². The standard InChI is InChI=1S/C9H7N3O3/c1-15-9-7(12(13)14)5-6-3-2-4-10-8(6)11-9/h2-5H,1H3. The Hall–Kier alpha value is -2.24. The third-order valence-corrected chi connectivity index (χ3v) is 1.93. The van der Waals surface area contributed by atoms with Gasteiger partial charge in [0.2, 0.25) is 0 Å². The average Bonchev–Trinajstić information content (AvgIpc) is 2.27. The zero-order chi connectivity index (χ0) is 10.8. The van der Waals surface area contributed by atoms with Crippen LogP contribution >= 0.6 is 0 Å². The highest BCUT2D eigenvalue weighted by Gasteiger charge is 2.17. The van der Waals surface area contributed by atoms with Crippen molar-refractivity contribution in [1.82, 2.24) is 9.97 Å². The maximum atomic E-state index is 10.7. The molecule has 2 aromatic heterocycles. The average molecular weight is 205 g/mol. The van der Waals surface area contributed by atoms with Gasteiger partial charge >= 0.3 is 5.69 Å². The predicted octanol–water partition coefficient (Wildman–Crippen LogP) is 1.55. The summed E-state index contributed by atoms with van der Waals surface area (Å²) in [5.41, 5.74) is 0.276. The molecule has 0 unspecified atom stereocenters. The molecule has 0 saturated carbocycles. The summed E-state index contributed by atoms with van der Waals surface area (Å²) in [6.45, 7) is 0. The first-order valence-corrected chi connectivity index (χ1v) is 4.16. The van der Waals surface area contributed by atoms with Gasteiger partial charge in [0, 0.05) is 17.6 Å². The van der Waals surface area contributed by atoms with Crippen molar-refractivity contribution in [2.75, 3.05) is 7.11 Å². The van der Waals surface area contributed by atoms with E-state index in [-0.39, 0.29) is 11.6 Å². The van der Waals surface area contributed by atoms with Gasteiger partial charge in [-0.25, -0.2) is 4.98 Å². The molecule has 0 N–H and O–H groups in total. The van der Waals surface area contributed by atoms with Gasteiger partial charge in [-0.3, -0.25) is 10.1 Å². The molecule has 0 amide bonds. The van der Waals surface area contributed by atoms with Crippen LogP contribution in [0.4, 0.5) is 5.69 Å². The number of fused-ring (bicyclic) bond motifs is 1. The summed E-state index contributed by atoms with van der Waals surface area (Å²) in [5, 5.41) is 11.3. The lowest BCUT2D eigenvalue weighted by Crippen LogP contribution is -1.97. The number of rotatable bonds is 2. The second-order valence-electron chi connectivity index (χ2n) is 2.82. The van der Waals surface area contributed by atoms with Crippen LogP contribution in [0.5, 0.6) is 5.88 Å². The van der Waals surface area contributed by atoms with E-state index in [1.165, 1.54) is 13.2 Å². The Morgan fingerprint density at radius 1 is 1.53 bits per heavy atom. The number of aromatic nitrogens is 2. The minimum atomic E-state index is -0.529. The van der Waals surface area contributed by atoms with E-state index in [1.807, 2.05) is 0 Å². The van der Waals surface area contributed by atoms with E-state index in [2.05, 4.69) is 9.97 Å². The molecule has 6 nitrogen and oxygen atoms in total. The van der Waals surface area contributed by atoms with Crippen molar-refractivity contribution >= 4 is 16.7 Å². The zero-order valence-electron chi connectivity index (χ0n) is 7.88. The van der Waals surface area contributed by atoms with Crippen LogP contribution in [0.15, 0.2) is 24.4 Å². The molecule has 2 aromatic rings. The molecule has 0 fully saturated rings. The van der Waals surface area contributed by atoms with Gasteiger partial charge in [-0.05, 0) is 12.1 Å². The van der Waals surface area contributed by atoms with Gasteiger partial charge in [0.25, 0.3) is 5.88 Å². The van der Waals surface area contributed by atoms with E-state index >= 15 is 0 Å². The summed E-state index contributed by atoms with van der Waals surface area (Å²) in [6.07, 6.45) is 1.57. The Labute approximate surface area is 84.7 Å². The summed E-state index contributed by atoms with van der Waals surface area (Å²) < 4.78 is 4.82. The van der Waals surface area contributed by atoms with E-state index < -0.39 is 4.92 Å². The number of methoxy groups -OCH3 is 1. The molecule has 6 heteroatoms.